The van der Waals surface area contributed by atoms with E-state index >= 15 is 0 Å². The largest absolute Gasteiger partial charge is 0.496 e. The summed E-state index contributed by atoms with van der Waals surface area (Å²) in [6, 6.07) is 4.69. The average molecular weight is 263 g/mol. The first-order valence-corrected chi connectivity index (χ1v) is 6.15. The number of ether oxygens (including phenoxy) is 1. The van der Waals surface area contributed by atoms with Crippen molar-refractivity contribution in [1.82, 2.24) is 14.9 Å². The number of imidazole rings is 1. The second-order valence-corrected chi connectivity index (χ2v) is 4.41. The zero-order chi connectivity index (χ0) is 13.8. The molecule has 0 spiro atoms. The van der Waals surface area contributed by atoms with E-state index in [-0.39, 0.29) is 11.9 Å². The average Bonchev–Trinajstić information content (AvgIpc) is 2.81. The van der Waals surface area contributed by atoms with Crippen LogP contribution in [0.25, 0.3) is 0 Å². The molecule has 0 fully saturated rings. The van der Waals surface area contributed by atoms with Crippen LogP contribution < -0.4 is 10.1 Å². The summed E-state index contributed by atoms with van der Waals surface area (Å²) in [6.45, 7) is 2.48. The summed E-state index contributed by atoms with van der Waals surface area (Å²) in [5, 5.41) is 3.25. The van der Waals surface area contributed by atoms with Gasteiger partial charge in [-0.3, -0.25) is 0 Å². The van der Waals surface area contributed by atoms with Gasteiger partial charge in [-0.05, 0) is 19.1 Å². The third kappa shape index (κ3) is 2.93. The monoisotopic (exact) mass is 263 g/mol. The van der Waals surface area contributed by atoms with Gasteiger partial charge in [0.25, 0.3) is 0 Å². The van der Waals surface area contributed by atoms with Crippen LogP contribution in [0.15, 0.2) is 30.6 Å². The van der Waals surface area contributed by atoms with Crippen LogP contribution >= 0.6 is 0 Å². The Labute approximate surface area is 112 Å². The molecule has 102 valence electrons. The van der Waals surface area contributed by atoms with Gasteiger partial charge in [-0.1, -0.05) is 6.07 Å². The number of halogens is 1. The van der Waals surface area contributed by atoms with Crippen LogP contribution in [-0.4, -0.2) is 16.7 Å². The molecule has 5 heteroatoms. The number of aryl methyl sites for hydroxylation is 1. The Hall–Kier alpha value is -1.88. The number of nitrogens with zero attached hydrogens (tertiary/aromatic N) is 2. The predicted molar refractivity (Wildman–Crippen MR) is 71.4 cm³/mol. The van der Waals surface area contributed by atoms with Crippen molar-refractivity contribution in [2.45, 2.75) is 19.5 Å². The van der Waals surface area contributed by atoms with Crippen molar-refractivity contribution in [2.75, 3.05) is 7.11 Å². The molecule has 4 nitrogen and oxygen atoms in total. The van der Waals surface area contributed by atoms with Gasteiger partial charge in [0.1, 0.15) is 17.4 Å². The highest BCUT2D eigenvalue weighted by atomic mass is 19.1. The van der Waals surface area contributed by atoms with Gasteiger partial charge in [0, 0.05) is 31.0 Å². The van der Waals surface area contributed by atoms with E-state index < -0.39 is 0 Å². The highest BCUT2D eigenvalue weighted by molar-refractivity contribution is 5.36. The van der Waals surface area contributed by atoms with Gasteiger partial charge in [0.2, 0.25) is 0 Å². The normalized spacial score (nSPS) is 12.4. The molecule has 1 N–H and O–H groups in total. The lowest BCUT2D eigenvalue weighted by molar-refractivity contribution is 0.392. The molecule has 0 saturated carbocycles. The molecule has 0 aliphatic carbocycles. The van der Waals surface area contributed by atoms with Crippen molar-refractivity contribution in [3.8, 4) is 5.75 Å². The van der Waals surface area contributed by atoms with Crippen LogP contribution in [0.1, 0.15) is 24.4 Å². The molecule has 0 bridgehead atoms. The minimum atomic E-state index is -0.265. The molecule has 0 aliphatic heterocycles. The van der Waals surface area contributed by atoms with E-state index in [1.54, 1.807) is 25.4 Å². The minimum absolute atomic E-state index is 0.159. The zero-order valence-electron chi connectivity index (χ0n) is 11.4. The molecule has 2 aromatic rings. The molecular formula is C14H18FN3O. The van der Waals surface area contributed by atoms with E-state index in [9.17, 15) is 4.39 Å². The van der Waals surface area contributed by atoms with Crippen LogP contribution in [0.5, 0.6) is 5.75 Å². The number of methoxy groups -OCH3 is 1. The molecule has 2 rings (SSSR count). The van der Waals surface area contributed by atoms with Gasteiger partial charge < -0.3 is 14.6 Å². The number of nitrogens with one attached hydrogen (secondary N) is 1. The van der Waals surface area contributed by atoms with Gasteiger partial charge in [0.05, 0.1) is 13.7 Å². The fourth-order valence-electron chi connectivity index (χ4n) is 2.03. The minimum Gasteiger partial charge on any atom is -0.496 e. The predicted octanol–water partition coefficient (Wildman–Crippen LogP) is 2.42. The van der Waals surface area contributed by atoms with Gasteiger partial charge in [-0.2, -0.15) is 0 Å². The number of hydrogen-bond acceptors (Lipinski definition) is 3. The highest BCUT2D eigenvalue weighted by Crippen LogP contribution is 2.27. The van der Waals surface area contributed by atoms with Gasteiger partial charge >= 0.3 is 0 Å². The lowest BCUT2D eigenvalue weighted by Crippen LogP contribution is -2.21. The van der Waals surface area contributed by atoms with Crippen LogP contribution in [0.2, 0.25) is 0 Å². The molecular weight excluding hydrogens is 245 g/mol. The SMILES string of the molecule is COc1cccc(F)c1C(C)NCc1nccn1C. The Morgan fingerprint density at radius 1 is 1.47 bits per heavy atom. The van der Waals surface area contributed by atoms with Crippen LogP contribution in [0.3, 0.4) is 0 Å². The van der Waals surface area contributed by atoms with E-state index in [1.807, 2.05) is 24.7 Å². The van der Waals surface area contributed by atoms with E-state index in [0.29, 0.717) is 17.9 Å². The molecule has 0 radical (unpaired) electrons. The molecule has 0 saturated heterocycles. The first-order chi connectivity index (χ1) is 9.13. The van der Waals surface area contributed by atoms with E-state index in [4.69, 9.17) is 4.74 Å². The second kappa shape index (κ2) is 5.84. The number of rotatable bonds is 5. The summed E-state index contributed by atoms with van der Waals surface area (Å²) in [5.74, 6) is 1.20. The maximum Gasteiger partial charge on any atom is 0.131 e. The molecule has 1 unspecified atom stereocenters. The Bertz CT molecular complexity index is 553. The smallest absolute Gasteiger partial charge is 0.131 e. The first kappa shape index (κ1) is 13.5. The summed E-state index contributed by atoms with van der Waals surface area (Å²) >= 11 is 0. The standard InChI is InChI=1S/C14H18FN3O/c1-10(17-9-13-16-7-8-18(13)2)14-11(15)5-4-6-12(14)19-3/h4-8,10,17H,9H2,1-3H3. The fraction of sp³-hybridized carbons (Fsp3) is 0.357. The molecule has 1 aromatic heterocycles. The quantitative estimate of drug-likeness (QED) is 0.900. The topological polar surface area (TPSA) is 39.1 Å². The summed E-state index contributed by atoms with van der Waals surface area (Å²) in [6.07, 6.45) is 3.62. The third-order valence-electron chi connectivity index (χ3n) is 3.15. The summed E-state index contributed by atoms with van der Waals surface area (Å²) in [7, 11) is 3.47. The number of hydrogen-bond donors (Lipinski definition) is 1. The van der Waals surface area contributed by atoms with E-state index in [0.717, 1.165) is 5.82 Å². The molecule has 0 aliphatic rings. The van der Waals surface area contributed by atoms with Gasteiger partial charge in [0.15, 0.2) is 0 Å². The lowest BCUT2D eigenvalue weighted by atomic mass is 10.1. The van der Waals surface area contributed by atoms with E-state index in [2.05, 4.69) is 10.3 Å². The number of benzene rings is 1. The second-order valence-electron chi connectivity index (χ2n) is 4.41. The van der Waals surface area contributed by atoms with Crippen molar-refractivity contribution in [2.24, 2.45) is 7.05 Å². The van der Waals surface area contributed by atoms with Crippen LogP contribution in [0.4, 0.5) is 4.39 Å². The molecule has 1 heterocycles. The maximum atomic E-state index is 13.9. The van der Waals surface area contributed by atoms with Crippen LogP contribution in [0, 0.1) is 5.82 Å². The van der Waals surface area contributed by atoms with Gasteiger partial charge in [-0.15, -0.1) is 0 Å². The summed E-state index contributed by atoms with van der Waals surface area (Å²) in [4.78, 5) is 4.22. The molecule has 19 heavy (non-hydrogen) atoms. The summed E-state index contributed by atoms with van der Waals surface area (Å²) in [5.41, 5.74) is 0.541. The molecule has 1 atom stereocenters. The van der Waals surface area contributed by atoms with E-state index in [1.165, 1.54) is 6.07 Å². The van der Waals surface area contributed by atoms with Crippen molar-refractivity contribution in [3.63, 3.8) is 0 Å². The molecule has 1 aromatic carbocycles. The third-order valence-corrected chi connectivity index (χ3v) is 3.15. The Kier molecular flexibility index (Phi) is 4.16. The summed E-state index contributed by atoms with van der Waals surface area (Å²) < 4.78 is 21.0. The van der Waals surface area contributed by atoms with Crippen molar-refractivity contribution < 1.29 is 9.13 Å². The fourth-order valence-corrected chi connectivity index (χ4v) is 2.03. The van der Waals surface area contributed by atoms with Gasteiger partial charge in [-0.25, -0.2) is 9.37 Å². The molecule has 0 amide bonds. The van der Waals surface area contributed by atoms with Crippen molar-refractivity contribution in [1.29, 1.82) is 0 Å². The highest BCUT2D eigenvalue weighted by Gasteiger charge is 2.16. The Morgan fingerprint density at radius 2 is 2.26 bits per heavy atom. The van der Waals surface area contributed by atoms with Crippen LogP contribution in [-0.2, 0) is 13.6 Å². The Morgan fingerprint density at radius 3 is 2.89 bits per heavy atom. The number of aromatic nitrogens is 2. The zero-order valence-corrected chi connectivity index (χ0v) is 11.4. The first-order valence-electron chi connectivity index (χ1n) is 6.15. The Balaban J connectivity index is 2.12. The van der Waals surface area contributed by atoms with Crippen molar-refractivity contribution in [3.05, 3.63) is 47.8 Å². The maximum absolute atomic E-state index is 13.9. The lowest BCUT2D eigenvalue weighted by Gasteiger charge is -2.17. The van der Waals surface area contributed by atoms with Crippen molar-refractivity contribution >= 4 is 0 Å².